The Morgan fingerprint density at radius 3 is 2.71 bits per heavy atom. The van der Waals surface area contributed by atoms with Gasteiger partial charge in [0.1, 0.15) is 13.2 Å². The molecule has 0 saturated heterocycles. The molecule has 1 aromatic carbocycles. The number of benzene rings is 1. The second-order valence-corrected chi connectivity index (χ2v) is 7.35. The Balaban J connectivity index is 1.84. The zero-order valence-corrected chi connectivity index (χ0v) is 15.0. The van der Waals surface area contributed by atoms with E-state index in [4.69, 9.17) is 9.47 Å². The van der Waals surface area contributed by atoms with Crippen molar-refractivity contribution in [1.82, 2.24) is 0 Å². The number of nitrogens with zero attached hydrogens (tertiary/aromatic N) is 1. The fourth-order valence-corrected chi connectivity index (χ4v) is 3.32. The molecule has 1 aliphatic heterocycles. The van der Waals surface area contributed by atoms with Crippen molar-refractivity contribution in [2.75, 3.05) is 18.1 Å². The van der Waals surface area contributed by atoms with Crippen molar-refractivity contribution in [2.24, 2.45) is 5.92 Å². The Labute approximate surface area is 147 Å². The first kappa shape index (κ1) is 16.8. The van der Waals surface area contributed by atoms with E-state index >= 15 is 0 Å². The Morgan fingerprint density at radius 2 is 2.00 bits per heavy atom. The minimum Gasteiger partial charge on any atom is -0.486 e. The van der Waals surface area contributed by atoms with E-state index in [1.165, 1.54) is 4.88 Å². The molecule has 2 aromatic rings. The molecule has 0 bridgehead atoms. The molecule has 0 N–H and O–H groups in total. The number of carbonyl (C=O) groups excluding carboxylic acids is 1. The van der Waals surface area contributed by atoms with E-state index in [0.29, 0.717) is 37.8 Å². The fraction of sp³-hybridized carbons (Fsp3) is 0.421. The van der Waals surface area contributed by atoms with Gasteiger partial charge in [-0.15, -0.1) is 11.3 Å². The maximum atomic E-state index is 12.8. The number of anilines is 1. The maximum absolute atomic E-state index is 12.8. The topological polar surface area (TPSA) is 38.8 Å². The first-order valence-corrected chi connectivity index (χ1v) is 9.24. The van der Waals surface area contributed by atoms with Crippen LogP contribution in [0.1, 0.15) is 31.6 Å². The summed E-state index contributed by atoms with van der Waals surface area (Å²) in [4.78, 5) is 15.8. The van der Waals surface area contributed by atoms with E-state index < -0.39 is 0 Å². The lowest BCUT2D eigenvalue weighted by molar-refractivity contribution is -0.119. The SMILES string of the molecule is CC(C)CCC(=O)N(Cc1cccs1)c1ccc2c(c1)OCCO2. The maximum Gasteiger partial charge on any atom is 0.227 e. The molecule has 1 aromatic heterocycles. The lowest BCUT2D eigenvalue weighted by atomic mass is 10.1. The summed E-state index contributed by atoms with van der Waals surface area (Å²) >= 11 is 1.67. The first-order valence-electron chi connectivity index (χ1n) is 8.36. The minimum atomic E-state index is 0.147. The predicted octanol–water partition coefficient (Wildman–Crippen LogP) is 4.49. The largest absolute Gasteiger partial charge is 0.486 e. The molecule has 5 heteroatoms. The molecule has 1 amide bonds. The van der Waals surface area contributed by atoms with Crippen LogP contribution in [0.2, 0.25) is 0 Å². The monoisotopic (exact) mass is 345 g/mol. The van der Waals surface area contributed by atoms with Crippen LogP contribution in [0.15, 0.2) is 35.7 Å². The molecule has 4 nitrogen and oxygen atoms in total. The van der Waals surface area contributed by atoms with Gasteiger partial charge in [0.05, 0.1) is 6.54 Å². The summed E-state index contributed by atoms with van der Waals surface area (Å²) in [6.07, 6.45) is 1.45. The van der Waals surface area contributed by atoms with E-state index in [1.54, 1.807) is 11.3 Å². The molecule has 0 radical (unpaired) electrons. The van der Waals surface area contributed by atoms with E-state index in [-0.39, 0.29) is 5.91 Å². The number of fused-ring (bicyclic) bond motifs is 1. The molecule has 0 fully saturated rings. The zero-order chi connectivity index (χ0) is 16.9. The molecule has 0 atom stereocenters. The van der Waals surface area contributed by atoms with Crippen molar-refractivity contribution in [3.63, 3.8) is 0 Å². The summed E-state index contributed by atoms with van der Waals surface area (Å²) in [6.45, 7) is 5.98. The lowest BCUT2D eigenvalue weighted by Gasteiger charge is -2.25. The van der Waals surface area contributed by atoms with Crippen LogP contribution in [0.3, 0.4) is 0 Å². The van der Waals surface area contributed by atoms with Crippen molar-refractivity contribution in [2.45, 2.75) is 33.2 Å². The Kier molecular flexibility index (Phi) is 5.41. The number of hydrogen-bond acceptors (Lipinski definition) is 4. The average Bonchev–Trinajstić information content (AvgIpc) is 3.10. The lowest BCUT2D eigenvalue weighted by Crippen LogP contribution is -2.30. The van der Waals surface area contributed by atoms with E-state index in [0.717, 1.165) is 17.9 Å². The van der Waals surface area contributed by atoms with Crippen molar-refractivity contribution in [3.05, 3.63) is 40.6 Å². The molecule has 0 unspecified atom stereocenters. The van der Waals surface area contributed by atoms with Gasteiger partial charge in [-0.2, -0.15) is 0 Å². The molecule has 24 heavy (non-hydrogen) atoms. The highest BCUT2D eigenvalue weighted by molar-refractivity contribution is 7.09. The Hall–Kier alpha value is -2.01. The fourth-order valence-electron chi connectivity index (χ4n) is 2.63. The molecular weight excluding hydrogens is 322 g/mol. The smallest absolute Gasteiger partial charge is 0.227 e. The third kappa shape index (κ3) is 4.09. The normalized spacial score (nSPS) is 13.1. The summed E-state index contributed by atoms with van der Waals surface area (Å²) in [5, 5.41) is 2.04. The third-order valence-electron chi connectivity index (χ3n) is 3.97. The van der Waals surface area contributed by atoms with Gasteiger partial charge in [-0.25, -0.2) is 0 Å². The van der Waals surface area contributed by atoms with Crippen LogP contribution in [-0.4, -0.2) is 19.1 Å². The van der Waals surface area contributed by atoms with Gasteiger partial charge in [0.15, 0.2) is 11.5 Å². The van der Waals surface area contributed by atoms with E-state index in [1.807, 2.05) is 34.5 Å². The van der Waals surface area contributed by atoms with Crippen LogP contribution in [-0.2, 0) is 11.3 Å². The van der Waals surface area contributed by atoms with Gasteiger partial charge in [-0.3, -0.25) is 4.79 Å². The van der Waals surface area contributed by atoms with Crippen molar-refractivity contribution in [1.29, 1.82) is 0 Å². The van der Waals surface area contributed by atoms with E-state index in [9.17, 15) is 4.79 Å². The molecule has 0 saturated carbocycles. The van der Waals surface area contributed by atoms with Crippen LogP contribution in [0.5, 0.6) is 11.5 Å². The average molecular weight is 345 g/mol. The highest BCUT2D eigenvalue weighted by atomic mass is 32.1. The predicted molar refractivity (Wildman–Crippen MR) is 97.0 cm³/mol. The van der Waals surface area contributed by atoms with Crippen LogP contribution in [0, 0.1) is 5.92 Å². The Morgan fingerprint density at radius 1 is 1.21 bits per heavy atom. The molecular formula is C19H23NO3S. The van der Waals surface area contributed by atoms with Gasteiger partial charge in [0.25, 0.3) is 0 Å². The molecule has 1 aliphatic rings. The second-order valence-electron chi connectivity index (χ2n) is 6.32. The Bertz CT molecular complexity index is 682. The first-order chi connectivity index (χ1) is 11.6. The highest BCUT2D eigenvalue weighted by Gasteiger charge is 2.20. The molecule has 0 aliphatic carbocycles. The number of amides is 1. The summed E-state index contributed by atoms with van der Waals surface area (Å²) in [5.41, 5.74) is 0.862. The quantitative estimate of drug-likeness (QED) is 0.774. The molecule has 0 spiro atoms. The number of carbonyl (C=O) groups is 1. The van der Waals surface area contributed by atoms with Gasteiger partial charge in [-0.05, 0) is 35.9 Å². The molecule has 128 valence electrons. The summed E-state index contributed by atoms with van der Waals surface area (Å²) in [6, 6.07) is 9.82. The second kappa shape index (κ2) is 7.71. The number of ether oxygens (including phenoxy) is 2. The van der Waals surface area contributed by atoms with E-state index in [2.05, 4.69) is 19.9 Å². The van der Waals surface area contributed by atoms with Crippen LogP contribution < -0.4 is 14.4 Å². The van der Waals surface area contributed by atoms with Crippen LogP contribution >= 0.6 is 11.3 Å². The number of rotatable bonds is 6. The van der Waals surface area contributed by atoms with Gasteiger partial charge < -0.3 is 14.4 Å². The van der Waals surface area contributed by atoms with Gasteiger partial charge in [-0.1, -0.05) is 19.9 Å². The van der Waals surface area contributed by atoms with Gasteiger partial charge in [0.2, 0.25) is 5.91 Å². The van der Waals surface area contributed by atoms with Gasteiger partial charge >= 0.3 is 0 Å². The van der Waals surface area contributed by atoms with Crippen molar-refractivity contribution >= 4 is 22.9 Å². The minimum absolute atomic E-state index is 0.147. The van der Waals surface area contributed by atoms with Crippen molar-refractivity contribution in [3.8, 4) is 11.5 Å². The third-order valence-corrected chi connectivity index (χ3v) is 4.83. The van der Waals surface area contributed by atoms with Crippen LogP contribution in [0.4, 0.5) is 5.69 Å². The van der Waals surface area contributed by atoms with Gasteiger partial charge in [0, 0.05) is 23.1 Å². The number of hydrogen-bond donors (Lipinski definition) is 0. The summed E-state index contributed by atoms with van der Waals surface area (Å²) in [5.74, 6) is 2.12. The highest BCUT2D eigenvalue weighted by Crippen LogP contribution is 2.35. The molecule has 3 rings (SSSR count). The summed E-state index contributed by atoms with van der Waals surface area (Å²) in [7, 11) is 0. The molecule has 2 heterocycles. The van der Waals surface area contributed by atoms with Crippen molar-refractivity contribution < 1.29 is 14.3 Å². The zero-order valence-electron chi connectivity index (χ0n) is 14.2. The number of thiophene rings is 1. The van der Waals surface area contributed by atoms with Crippen LogP contribution in [0.25, 0.3) is 0 Å². The standard InChI is InChI=1S/C19H23NO3S/c1-14(2)5-8-19(21)20(13-16-4-3-11-24-16)15-6-7-17-18(12-15)23-10-9-22-17/h3-4,6-7,11-12,14H,5,8-10,13H2,1-2H3. The summed E-state index contributed by atoms with van der Waals surface area (Å²) < 4.78 is 11.2.